The highest BCUT2D eigenvalue weighted by Crippen LogP contribution is 2.43. The third-order valence-corrected chi connectivity index (χ3v) is 7.72. The lowest BCUT2D eigenvalue weighted by atomic mass is 9.68. The molecule has 3 nitrogen and oxygen atoms in total. The first-order valence-corrected chi connectivity index (χ1v) is 12.4. The van der Waals surface area contributed by atoms with Gasteiger partial charge < -0.3 is 15.3 Å². The normalized spacial score (nSPS) is 13.1. The van der Waals surface area contributed by atoms with E-state index in [1.807, 2.05) is 42.5 Å². The summed E-state index contributed by atoms with van der Waals surface area (Å²) in [5, 5.41) is 29.7. The monoisotopic (exact) mass is 486 g/mol. The molecule has 0 aromatic heterocycles. The zero-order chi connectivity index (χ0) is 26.0. The Morgan fingerprint density at radius 3 is 0.811 bits per heavy atom. The summed E-state index contributed by atoms with van der Waals surface area (Å²) in [6.07, 6.45) is 0. The maximum absolute atomic E-state index is 9.91. The second kappa shape index (κ2) is 9.51. The van der Waals surface area contributed by atoms with Crippen molar-refractivity contribution in [3.05, 3.63) is 161 Å². The van der Waals surface area contributed by atoms with Gasteiger partial charge in [-0.1, -0.05) is 91.0 Å². The van der Waals surface area contributed by atoms with Crippen LogP contribution in [0.5, 0.6) is 17.2 Å². The zero-order valence-corrected chi connectivity index (χ0v) is 21.0. The quantitative estimate of drug-likeness (QED) is 0.218. The van der Waals surface area contributed by atoms with Gasteiger partial charge in [0.2, 0.25) is 0 Å². The number of phenolic OH excluding ortho intramolecular Hbond substituents is 3. The molecule has 0 saturated carbocycles. The van der Waals surface area contributed by atoms with E-state index < -0.39 is 10.8 Å². The summed E-state index contributed by atoms with van der Waals surface area (Å²) < 4.78 is 0. The van der Waals surface area contributed by atoms with Crippen molar-refractivity contribution >= 4 is 0 Å². The largest absolute Gasteiger partial charge is 0.508 e. The molecule has 1 atom stereocenters. The summed E-state index contributed by atoms with van der Waals surface area (Å²) in [5.74, 6) is 0.687. The van der Waals surface area contributed by atoms with Gasteiger partial charge in [-0.25, -0.2) is 0 Å². The first-order valence-electron chi connectivity index (χ1n) is 12.4. The van der Waals surface area contributed by atoms with Crippen LogP contribution in [0, 0.1) is 0 Å². The van der Waals surface area contributed by atoms with Crippen LogP contribution in [0.3, 0.4) is 0 Å². The molecule has 0 heterocycles. The van der Waals surface area contributed by atoms with Crippen LogP contribution in [0.4, 0.5) is 0 Å². The minimum Gasteiger partial charge on any atom is -0.508 e. The SMILES string of the molecule is CC(c1ccccc1)(c1ccc(O)cc1)c1ccc(C(C)(c2ccc(O)cc2)c2ccc(O)cc2)cc1. The van der Waals surface area contributed by atoms with Crippen molar-refractivity contribution in [3.8, 4) is 17.2 Å². The predicted molar refractivity (Wildman–Crippen MR) is 148 cm³/mol. The molecule has 0 aliphatic heterocycles. The molecule has 3 N–H and O–H groups in total. The van der Waals surface area contributed by atoms with Gasteiger partial charge in [0.1, 0.15) is 17.2 Å². The summed E-state index contributed by atoms with van der Waals surface area (Å²) in [6, 6.07) is 41.1. The Morgan fingerprint density at radius 1 is 0.324 bits per heavy atom. The Bertz CT molecular complexity index is 1430. The Morgan fingerprint density at radius 2 is 0.541 bits per heavy atom. The first-order chi connectivity index (χ1) is 17.8. The minimum atomic E-state index is -0.512. The summed E-state index contributed by atoms with van der Waals surface area (Å²) in [5.41, 5.74) is 5.60. The molecule has 5 aromatic rings. The van der Waals surface area contributed by atoms with E-state index in [4.69, 9.17) is 0 Å². The maximum atomic E-state index is 9.91. The van der Waals surface area contributed by atoms with Crippen molar-refractivity contribution in [2.75, 3.05) is 0 Å². The standard InChI is InChI=1S/C34H30O3/c1-33(24-6-4-3-5-7-24,27-12-18-30(35)19-13-27)25-8-10-26(11-9-25)34(2,28-14-20-31(36)21-15-28)29-16-22-32(37)23-17-29/h3-23,35-37H,1-2H3. The summed E-state index contributed by atoms with van der Waals surface area (Å²) in [7, 11) is 0. The van der Waals surface area contributed by atoms with Gasteiger partial charge in [-0.05, 0) is 83.6 Å². The molecule has 37 heavy (non-hydrogen) atoms. The van der Waals surface area contributed by atoms with Gasteiger partial charge in [0, 0.05) is 10.8 Å². The molecule has 3 heteroatoms. The number of phenols is 3. The van der Waals surface area contributed by atoms with Crippen LogP contribution < -0.4 is 0 Å². The molecule has 5 rings (SSSR count). The molecule has 1 unspecified atom stereocenters. The van der Waals surface area contributed by atoms with E-state index in [9.17, 15) is 15.3 Å². The third-order valence-electron chi connectivity index (χ3n) is 7.72. The summed E-state index contributed by atoms with van der Waals surface area (Å²) in [6.45, 7) is 4.37. The molecule has 0 fully saturated rings. The smallest absolute Gasteiger partial charge is 0.115 e. The van der Waals surface area contributed by atoms with Crippen molar-refractivity contribution in [1.82, 2.24) is 0 Å². The lowest BCUT2D eigenvalue weighted by molar-refractivity contribution is 0.473. The van der Waals surface area contributed by atoms with Crippen molar-refractivity contribution in [2.24, 2.45) is 0 Å². The fourth-order valence-electron chi connectivity index (χ4n) is 5.29. The summed E-state index contributed by atoms with van der Waals surface area (Å²) in [4.78, 5) is 0. The Balaban J connectivity index is 1.66. The topological polar surface area (TPSA) is 60.7 Å². The molecule has 0 radical (unpaired) electrons. The fraction of sp³-hybridized carbons (Fsp3) is 0.118. The second-order valence-electron chi connectivity index (χ2n) is 9.83. The molecular formula is C34H30O3. The predicted octanol–water partition coefficient (Wildman–Crippen LogP) is 7.51. The van der Waals surface area contributed by atoms with Gasteiger partial charge in [0.15, 0.2) is 0 Å². The Kier molecular flexibility index (Phi) is 6.22. The lowest BCUT2D eigenvalue weighted by Gasteiger charge is -2.35. The van der Waals surface area contributed by atoms with E-state index in [2.05, 4.69) is 62.4 Å². The van der Waals surface area contributed by atoms with Crippen LogP contribution in [-0.4, -0.2) is 15.3 Å². The molecule has 0 amide bonds. The van der Waals surface area contributed by atoms with Gasteiger partial charge in [0.25, 0.3) is 0 Å². The molecule has 0 aliphatic carbocycles. The minimum absolute atomic E-state index is 0.222. The van der Waals surface area contributed by atoms with Gasteiger partial charge in [0.05, 0.1) is 0 Å². The highest BCUT2D eigenvalue weighted by atomic mass is 16.3. The molecule has 0 bridgehead atoms. The lowest BCUT2D eigenvalue weighted by Crippen LogP contribution is -2.27. The third kappa shape index (κ3) is 4.34. The van der Waals surface area contributed by atoms with Gasteiger partial charge in [-0.15, -0.1) is 0 Å². The number of rotatable bonds is 6. The van der Waals surface area contributed by atoms with Crippen LogP contribution in [0.15, 0.2) is 127 Å². The fourth-order valence-corrected chi connectivity index (χ4v) is 5.29. The van der Waals surface area contributed by atoms with Crippen molar-refractivity contribution in [3.63, 3.8) is 0 Å². The maximum Gasteiger partial charge on any atom is 0.115 e. The zero-order valence-electron chi connectivity index (χ0n) is 21.0. The average molecular weight is 487 g/mol. The molecule has 0 aliphatic rings. The van der Waals surface area contributed by atoms with Crippen molar-refractivity contribution in [2.45, 2.75) is 24.7 Å². The van der Waals surface area contributed by atoms with Crippen LogP contribution >= 0.6 is 0 Å². The highest BCUT2D eigenvalue weighted by Gasteiger charge is 2.34. The van der Waals surface area contributed by atoms with Crippen molar-refractivity contribution in [1.29, 1.82) is 0 Å². The molecule has 184 valence electrons. The highest BCUT2D eigenvalue weighted by molar-refractivity contribution is 5.55. The van der Waals surface area contributed by atoms with Crippen LogP contribution in [0.25, 0.3) is 0 Å². The van der Waals surface area contributed by atoms with E-state index in [-0.39, 0.29) is 17.2 Å². The molecule has 0 spiro atoms. The molecule has 0 saturated heterocycles. The van der Waals surface area contributed by atoms with E-state index in [1.165, 1.54) is 0 Å². The molecule has 5 aromatic carbocycles. The van der Waals surface area contributed by atoms with Gasteiger partial charge in [-0.2, -0.15) is 0 Å². The van der Waals surface area contributed by atoms with Gasteiger partial charge in [-0.3, -0.25) is 0 Å². The molecular weight excluding hydrogens is 456 g/mol. The second-order valence-corrected chi connectivity index (χ2v) is 9.83. The number of hydrogen-bond donors (Lipinski definition) is 3. The van der Waals surface area contributed by atoms with Crippen LogP contribution in [0.1, 0.15) is 47.2 Å². The van der Waals surface area contributed by atoms with E-state index in [0.29, 0.717) is 0 Å². The Labute approximate surface area is 218 Å². The summed E-state index contributed by atoms with van der Waals surface area (Å²) >= 11 is 0. The average Bonchev–Trinajstić information content (AvgIpc) is 2.94. The van der Waals surface area contributed by atoms with Crippen molar-refractivity contribution < 1.29 is 15.3 Å². The number of hydrogen-bond acceptors (Lipinski definition) is 3. The van der Waals surface area contributed by atoms with Gasteiger partial charge >= 0.3 is 0 Å². The van der Waals surface area contributed by atoms with E-state index in [0.717, 1.165) is 33.4 Å². The van der Waals surface area contributed by atoms with E-state index >= 15 is 0 Å². The van der Waals surface area contributed by atoms with Crippen LogP contribution in [0.2, 0.25) is 0 Å². The number of benzene rings is 5. The number of aromatic hydroxyl groups is 3. The Hall–Kier alpha value is -4.50. The first kappa shape index (κ1) is 24.2. The van der Waals surface area contributed by atoms with Crippen LogP contribution in [-0.2, 0) is 10.8 Å². The van der Waals surface area contributed by atoms with E-state index in [1.54, 1.807) is 36.4 Å².